The molecule has 2 N–H and O–H groups in total. The molecule has 0 amide bonds. The highest BCUT2D eigenvalue weighted by Gasteiger charge is 2.23. The Labute approximate surface area is 102 Å². The fraction of sp³-hybridized carbons (Fsp3) is 0.400. The van der Waals surface area contributed by atoms with Gasteiger partial charge in [0.05, 0.1) is 10.6 Å². The number of sulfonamides is 1. The predicted molar refractivity (Wildman–Crippen MR) is 64.8 cm³/mol. The molecule has 0 saturated carbocycles. The summed E-state index contributed by atoms with van der Waals surface area (Å²) in [4.78, 5) is -0.549. The molecule has 0 aliphatic heterocycles. The Kier molecular flexibility index (Phi) is 4.29. The number of benzene rings is 1. The average Bonchev–Trinajstić information content (AvgIpc) is 2.25. The summed E-state index contributed by atoms with van der Waals surface area (Å²) in [6.07, 6.45) is 1.21. The summed E-state index contributed by atoms with van der Waals surface area (Å²) in [6, 6.07) is 5.39. The second-order valence-electron chi connectivity index (χ2n) is 3.66. The van der Waals surface area contributed by atoms with E-state index in [1.54, 1.807) is 0 Å². The van der Waals surface area contributed by atoms with Crippen LogP contribution in [0.5, 0.6) is 0 Å². The third-order valence-corrected chi connectivity index (χ3v) is 5.21. The van der Waals surface area contributed by atoms with Gasteiger partial charge in [0, 0.05) is 0 Å². The molecule has 0 aliphatic rings. The first kappa shape index (κ1) is 14.1. The van der Waals surface area contributed by atoms with E-state index < -0.39 is 19.9 Å². The van der Waals surface area contributed by atoms with E-state index >= 15 is 0 Å². The first-order valence-corrected chi connectivity index (χ1v) is 8.33. The normalized spacial score (nSPS) is 12.6. The van der Waals surface area contributed by atoms with E-state index in [4.69, 9.17) is 5.14 Å². The number of unbranched alkanes of at least 4 members (excludes halogenated alkanes) is 1. The molecular weight excluding hydrogens is 262 g/mol. The molecule has 7 heteroatoms. The van der Waals surface area contributed by atoms with Crippen LogP contribution in [0.1, 0.15) is 19.8 Å². The molecule has 17 heavy (non-hydrogen) atoms. The van der Waals surface area contributed by atoms with Crippen LogP contribution in [0.4, 0.5) is 0 Å². The molecule has 1 aromatic rings. The topological polar surface area (TPSA) is 94.3 Å². The summed E-state index contributed by atoms with van der Waals surface area (Å²) in [5.74, 6) is -0.0734. The molecule has 0 fully saturated rings. The maximum Gasteiger partial charge on any atom is 0.239 e. The van der Waals surface area contributed by atoms with Gasteiger partial charge in [-0.1, -0.05) is 25.5 Å². The van der Waals surface area contributed by atoms with Gasteiger partial charge in [-0.05, 0) is 18.6 Å². The molecule has 0 saturated heterocycles. The lowest BCUT2D eigenvalue weighted by Crippen LogP contribution is -2.18. The second-order valence-corrected chi connectivity index (χ2v) is 7.27. The van der Waals surface area contributed by atoms with Crippen molar-refractivity contribution in [2.75, 3.05) is 5.75 Å². The van der Waals surface area contributed by atoms with Gasteiger partial charge in [-0.15, -0.1) is 0 Å². The Hall–Kier alpha value is -0.920. The van der Waals surface area contributed by atoms with E-state index in [0.717, 1.165) is 6.42 Å². The van der Waals surface area contributed by atoms with Crippen LogP contribution in [0.25, 0.3) is 0 Å². The fourth-order valence-corrected chi connectivity index (χ4v) is 4.28. The van der Waals surface area contributed by atoms with E-state index in [2.05, 4.69) is 0 Å². The van der Waals surface area contributed by atoms with Gasteiger partial charge in [-0.25, -0.2) is 22.0 Å². The number of rotatable bonds is 5. The molecule has 0 aromatic heterocycles. The molecule has 0 aliphatic carbocycles. The van der Waals surface area contributed by atoms with E-state index in [-0.39, 0.29) is 15.5 Å². The Balaban J connectivity index is 3.33. The second kappa shape index (κ2) is 5.16. The third kappa shape index (κ3) is 3.52. The van der Waals surface area contributed by atoms with E-state index in [1.807, 2.05) is 6.92 Å². The van der Waals surface area contributed by atoms with Crippen molar-refractivity contribution >= 4 is 19.9 Å². The minimum atomic E-state index is -4.02. The van der Waals surface area contributed by atoms with Crippen LogP contribution in [0.15, 0.2) is 34.1 Å². The van der Waals surface area contributed by atoms with Crippen molar-refractivity contribution in [3.63, 3.8) is 0 Å². The van der Waals surface area contributed by atoms with Crippen molar-refractivity contribution in [3.05, 3.63) is 24.3 Å². The largest absolute Gasteiger partial charge is 0.239 e. The summed E-state index contributed by atoms with van der Waals surface area (Å²) in [6.45, 7) is 1.86. The lowest BCUT2D eigenvalue weighted by atomic mass is 10.4. The summed E-state index contributed by atoms with van der Waals surface area (Å²) >= 11 is 0. The van der Waals surface area contributed by atoms with Gasteiger partial charge >= 0.3 is 0 Å². The van der Waals surface area contributed by atoms with Crippen LogP contribution in [0.3, 0.4) is 0 Å². The average molecular weight is 277 g/mol. The van der Waals surface area contributed by atoms with Gasteiger partial charge in [0.25, 0.3) is 0 Å². The Morgan fingerprint density at radius 1 is 1.06 bits per heavy atom. The zero-order chi connectivity index (χ0) is 13.1. The zero-order valence-corrected chi connectivity index (χ0v) is 11.1. The number of sulfone groups is 1. The number of primary sulfonamides is 1. The maximum absolute atomic E-state index is 11.9. The molecule has 5 nitrogen and oxygen atoms in total. The van der Waals surface area contributed by atoms with Crippen LogP contribution in [0.2, 0.25) is 0 Å². The highest BCUT2D eigenvalue weighted by Crippen LogP contribution is 2.21. The lowest BCUT2D eigenvalue weighted by molar-refractivity contribution is 0.581. The SMILES string of the molecule is CCCCS(=O)(=O)c1ccccc1S(N)(=O)=O. The molecule has 0 bridgehead atoms. The molecule has 0 radical (unpaired) electrons. The molecule has 0 spiro atoms. The summed E-state index contributed by atoms with van der Waals surface area (Å²) in [5.41, 5.74) is 0. The van der Waals surface area contributed by atoms with Crippen molar-refractivity contribution in [1.29, 1.82) is 0 Å². The number of hydrogen-bond donors (Lipinski definition) is 1. The van der Waals surface area contributed by atoms with Crippen molar-refractivity contribution in [1.82, 2.24) is 0 Å². The summed E-state index contributed by atoms with van der Waals surface area (Å²) < 4.78 is 46.5. The molecular formula is C10H15NO4S2. The number of hydrogen-bond acceptors (Lipinski definition) is 4. The highest BCUT2D eigenvalue weighted by molar-refractivity contribution is 7.93. The van der Waals surface area contributed by atoms with Crippen molar-refractivity contribution < 1.29 is 16.8 Å². The first-order chi connectivity index (χ1) is 7.79. The fourth-order valence-electron chi connectivity index (χ4n) is 1.39. The molecule has 1 rings (SSSR count). The van der Waals surface area contributed by atoms with Crippen LogP contribution in [-0.4, -0.2) is 22.6 Å². The summed E-state index contributed by atoms with van der Waals surface area (Å²) in [5, 5.41) is 4.99. The predicted octanol–water partition coefficient (Wildman–Crippen LogP) is 0.908. The van der Waals surface area contributed by atoms with Crippen molar-refractivity contribution in [2.45, 2.75) is 29.6 Å². The monoisotopic (exact) mass is 277 g/mol. The maximum atomic E-state index is 11.9. The van der Waals surface area contributed by atoms with Gasteiger partial charge in [-0.2, -0.15) is 0 Å². The quantitative estimate of drug-likeness (QED) is 0.865. The molecule has 96 valence electrons. The van der Waals surface area contributed by atoms with Crippen LogP contribution < -0.4 is 5.14 Å². The first-order valence-electron chi connectivity index (χ1n) is 5.13. The minimum absolute atomic E-state index is 0.0734. The van der Waals surface area contributed by atoms with Crippen molar-refractivity contribution in [2.24, 2.45) is 5.14 Å². The van der Waals surface area contributed by atoms with Crippen LogP contribution in [0, 0.1) is 0 Å². The Morgan fingerprint density at radius 2 is 1.59 bits per heavy atom. The van der Waals surface area contributed by atoms with Crippen molar-refractivity contribution in [3.8, 4) is 0 Å². The Bertz CT molecular complexity index is 590. The standard InChI is InChI=1S/C10H15NO4S2/c1-2-3-8-16(12,13)9-6-4-5-7-10(9)17(11,14)15/h4-7H,2-3,8H2,1H3,(H2,11,14,15). The molecule has 0 unspecified atom stereocenters. The molecule has 1 aromatic carbocycles. The van der Waals surface area contributed by atoms with Gasteiger partial charge in [0.15, 0.2) is 9.84 Å². The minimum Gasteiger partial charge on any atom is -0.225 e. The summed E-state index contributed by atoms with van der Waals surface area (Å²) in [7, 11) is -7.62. The van der Waals surface area contributed by atoms with Gasteiger partial charge in [-0.3, -0.25) is 0 Å². The van der Waals surface area contributed by atoms with E-state index in [1.165, 1.54) is 24.3 Å². The van der Waals surface area contributed by atoms with Gasteiger partial charge < -0.3 is 0 Å². The lowest BCUT2D eigenvalue weighted by Gasteiger charge is -2.08. The van der Waals surface area contributed by atoms with Crippen LogP contribution >= 0.6 is 0 Å². The Morgan fingerprint density at radius 3 is 2.06 bits per heavy atom. The zero-order valence-electron chi connectivity index (χ0n) is 9.46. The van der Waals surface area contributed by atoms with Crippen LogP contribution in [-0.2, 0) is 19.9 Å². The highest BCUT2D eigenvalue weighted by atomic mass is 32.2. The molecule has 0 atom stereocenters. The molecule has 0 heterocycles. The third-order valence-electron chi connectivity index (χ3n) is 2.26. The number of nitrogens with two attached hydrogens (primary N) is 1. The van der Waals surface area contributed by atoms with E-state index in [0.29, 0.717) is 6.42 Å². The smallest absolute Gasteiger partial charge is 0.225 e. The van der Waals surface area contributed by atoms with Gasteiger partial charge in [0.2, 0.25) is 10.0 Å². The van der Waals surface area contributed by atoms with Gasteiger partial charge in [0.1, 0.15) is 4.90 Å². The van der Waals surface area contributed by atoms with E-state index in [9.17, 15) is 16.8 Å².